The topological polar surface area (TPSA) is 15.3 Å². The van der Waals surface area contributed by atoms with Crippen molar-refractivity contribution in [3.63, 3.8) is 0 Å². The van der Waals surface area contributed by atoms with E-state index in [0.717, 1.165) is 23.8 Å². The van der Waals surface area contributed by atoms with Crippen molar-refractivity contribution < 1.29 is 0 Å². The standard InChI is InChI=1S/C16H34N2/c1-7-13(5)15-11-18(10-12(3)4)16(9-17-15)14(6)8-2/h12-17H,7-11H2,1-6H3. The van der Waals surface area contributed by atoms with Gasteiger partial charge in [-0.15, -0.1) is 0 Å². The molecule has 2 heteroatoms. The van der Waals surface area contributed by atoms with Crippen LogP contribution in [0.15, 0.2) is 0 Å². The molecule has 1 heterocycles. The van der Waals surface area contributed by atoms with Gasteiger partial charge in [0.1, 0.15) is 0 Å². The minimum atomic E-state index is 0.689. The van der Waals surface area contributed by atoms with Crippen LogP contribution in [0.1, 0.15) is 54.4 Å². The summed E-state index contributed by atoms with van der Waals surface area (Å²) in [7, 11) is 0. The first-order chi connectivity index (χ1) is 8.49. The minimum Gasteiger partial charge on any atom is -0.311 e. The van der Waals surface area contributed by atoms with E-state index in [1.165, 1.54) is 32.5 Å². The van der Waals surface area contributed by atoms with Crippen molar-refractivity contribution in [3.8, 4) is 0 Å². The molecule has 0 aromatic carbocycles. The zero-order valence-electron chi connectivity index (χ0n) is 13.4. The van der Waals surface area contributed by atoms with Crippen LogP contribution in [0, 0.1) is 17.8 Å². The molecule has 0 saturated carbocycles. The summed E-state index contributed by atoms with van der Waals surface area (Å²) >= 11 is 0. The Labute approximate surface area is 115 Å². The Bertz CT molecular complexity index is 227. The van der Waals surface area contributed by atoms with E-state index < -0.39 is 0 Å². The maximum absolute atomic E-state index is 3.80. The van der Waals surface area contributed by atoms with E-state index in [4.69, 9.17) is 0 Å². The van der Waals surface area contributed by atoms with Crippen LogP contribution in [0.5, 0.6) is 0 Å². The molecule has 1 fully saturated rings. The quantitative estimate of drug-likeness (QED) is 0.782. The fraction of sp³-hybridized carbons (Fsp3) is 1.00. The fourth-order valence-corrected chi connectivity index (χ4v) is 3.03. The average Bonchev–Trinajstić information content (AvgIpc) is 2.36. The third-order valence-electron chi connectivity index (χ3n) is 4.72. The molecule has 0 aliphatic carbocycles. The molecule has 4 atom stereocenters. The lowest BCUT2D eigenvalue weighted by Crippen LogP contribution is -2.60. The van der Waals surface area contributed by atoms with Gasteiger partial charge < -0.3 is 5.32 Å². The third kappa shape index (κ3) is 4.24. The number of hydrogen-bond donors (Lipinski definition) is 1. The van der Waals surface area contributed by atoms with E-state index in [-0.39, 0.29) is 0 Å². The number of piperazine rings is 1. The van der Waals surface area contributed by atoms with E-state index in [1.54, 1.807) is 0 Å². The smallest absolute Gasteiger partial charge is 0.0246 e. The normalized spacial score (nSPS) is 29.5. The summed E-state index contributed by atoms with van der Waals surface area (Å²) in [6.07, 6.45) is 2.57. The van der Waals surface area contributed by atoms with Crippen LogP contribution in [0.25, 0.3) is 0 Å². The van der Waals surface area contributed by atoms with E-state index in [1.807, 2.05) is 0 Å². The second-order valence-corrected chi connectivity index (χ2v) is 6.70. The van der Waals surface area contributed by atoms with E-state index in [2.05, 4.69) is 51.8 Å². The third-order valence-corrected chi connectivity index (χ3v) is 4.72. The lowest BCUT2D eigenvalue weighted by molar-refractivity contribution is 0.0659. The highest BCUT2D eigenvalue weighted by Gasteiger charge is 2.32. The Morgan fingerprint density at radius 2 is 1.67 bits per heavy atom. The highest BCUT2D eigenvalue weighted by molar-refractivity contribution is 4.90. The number of nitrogens with one attached hydrogen (secondary N) is 1. The molecule has 108 valence electrons. The van der Waals surface area contributed by atoms with Gasteiger partial charge in [-0.3, -0.25) is 4.90 Å². The average molecular weight is 254 g/mol. The van der Waals surface area contributed by atoms with Gasteiger partial charge in [0, 0.05) is 31.7 Å². The predicted octanol–water partition coefficient (Wildman–Crippen LogP) is 3.38. The van der Waals surface area contributed by atoms with Crippen molar-refractivity contribution in [1.82, 2.24) is 10.2 Å². The van der Waals surface area contributed by atoms with Gasteiger partial charge >= 0.3 is 0 Å². The molecule has 1 saturated heterocycles. The first kappa shape index (κ1) is 16.0. The Hall–Kier alpha value is -0.0800. The number of nitrogens with zero attached hydrogens (tertiary/aromatic N) is 1. The van der Waals surface area contributed by atoms with Crippen molar-refractivity contribution in [2.75, 3.05) is 19.6 Å². The van der Waals surface area contributed by atoms with Crippen LogP contribution in [0.2, 0.25) is 0 Å². The monoisotopic (exact) mass is 254 g/mol. The van der Waals surface area contributed by atoms with Crippen LogP contribution < -0.4 is 5.32 Å². The maximum atomic E-state index is 3.80. The van der Waals surface area contributed by atoms with Gasteiger partial charge in [-0.2, -0.15) is 0 Å². The molecule has 4 unspecified atom stereocenters. The molecule has 1 N–H and O–H groups in total. The molecule has 0 amide bonds. The lowest BCUT2D eigenvalue weighted by atomic mass is 9.90. The van der Waals surface area contributed by atoms with Gasteiger partial charge in [-0.1, -0.05) is 54.4 Å². The molecule has 0 radical (unpaired) electrons. The molecule has 0 spiro atoms. The first-order valence-electron chi connectivity index (χ1n) is 7.96. The number of rotatable bonds is 6. The van der Waals surface area contributed by atoms with Gasteiger partial charge in [-0.05, 0) is 17.8 Å². The second-order valence-electron chi connectivity index (χ2n) is 6.70. The van der Waals surface area contributed by atoms with E-state index in [9.17, 15) is 0 Å². The summed E-state index contributed by atoms with van der Waals surface area (Å²) in [4.78, 5) is 2.76. The van der Waals surface area contributed by atoms with E-state index >= 15 is 0 Å². The summed E-state index contributed by atoms with van der Waals surface area (Å²) in [5.41, 5.74) is 0. The van der Waals surface area contributed by atoms with Gasteiger partial charge in [-0.25, -0.2) is 0 Å². The van der Waals surface area contributed by atoms with Crippen LogP contribution in [0.3, 0.4) is 0 Å². The first-order valence-corrected chi connectivity index (χ1v) is 7.96. The Kier molecular flexibility index (Phi) is 6.65. The van der Waals surface area contributed by atoms with Crippen LogP contribution >= 0.6 is 0 Å². The lowest BCUT2D eigenvalue weighted by Gasteiger charge is -2.45. The Morgan fingerprint density at radius 1 is 1.06 bits per heavy atom. The molecule has 1 rings (SSSR count). The molecule has 2 nitrogen and oxygen atoms in total. The van der Waals surface area contributed by atoms with Crippen LogP contribution in [-0.4, -0.2) is 36.6 Å². The summed E-state index contributed by atoms with van der Waals surface area (Å²) in [6, 6.07) is 1.42. The zero-order chi connectivity index (χ0) is 13.7. The van der Waals surface area contributed by atoms with Gasteiger partial charge in [0.25, 0.3) is 0 Å². The zero-order valence-corrected chi connectivity index (χ0v) is 13.4. The largest absolute Gasteiger partial charge is 0.311 e. The van der Waals surface area contributed by atoms with Crippen molar-refractivity contribution in [2.24, 2.45) is 17.8 Å². The van der Waals surface area contributed by atoms with Gasteiger partial charge in [0.05, 0.1) is 0 Å². The summed E-state index contributed by atoms with van der Waals surface area (Å²) in [5.74, 6) is 2.36. The molecule has 18 heavy (non-hydrogen) atoms. The molecule has 1 aliphatic heterocycles. The number of hydrogen-bond acceptors (Lipinski definition) is 2. The van der Waals surface area contributed by atoms with Crippen LogP contribution in [0.4, 0.5) is 0 Å². The summed E-state index contributed by atoms with van der Waals surface area (Å²) in [5, 5.41) is 3.80. The molecule has 0 aromatic rings. The molecular formula is C16H34N2. The SMILES string of the molecule is CCC(C)C1CN(CC(C)C)C(C(C)CC)CN1. The molecule has 1 aliphatic rings. The molecular weight excluding hydrogens is 220 g/mol. The molecule has 0 aromatic heterocycles. The highest BCUT2D eigenvalue weighted by atomic mass is 15.2. The fourth-order valence-electron chi connectivity index (χ4n) is 3.03. The van der Waals surface area contributed by atoms with Gasteiger partial charge in [0.2, 0.25) is 0 Å². The van der Waals surface area contributed by atoms with Crippen molar-refractivity contribution in [2.45, 2.75) is 66.5 Å². The summed E-state index contributed by atoms with van der Waals surface area (Å²) in [6.45, 7) is 17.8. The van der Waals surface area contributed by atoms with Crippen molar-refractivity contribution in [1.29, 1.82) is 0 Å². The maximum Gasteiger partial charge on any atom is 0.0246 e. The minimum absolute atomic E-state index is 0.689. The predicted molar refractivity (Wildman–Crippen MR) is 80.9 cm³/mol. The van der Waals surface area contributed by atoms with Crippen molar-refractivity contribution >= 4 is 0 Å². The molecule has 0 bridgehead atoms. The van der Waals surface area contributed by atoms with Gasteiger partial charge in [0.15, 0.2) is 0 Å². The van der Waals surface area contributed by atoms with E-state index in [0.29, 0.717) is 6.04 Å². The Morgan fingerprint density at radius 3 is 2.17 bits per heavy atom. The van der Waals surface area contributed by atoms with Crippen LogP contribution in [-0.2, 0) is 0 Å². The Balaban J connectivity index is 2.66. The summed E-state index contributed by atoms with van der Waals surface area (Å²) < 4.78 is 0. The highest BCUT2D eigenvalue weighted by Crippen LogP contribution is 2.22. The van der Waals surface area contributed by atoms with Crippen molar-refractivity contribution in [3.05, 3.63) is 0 Å². The second kappa shape index (κ2) is 7.49.